The second-order valence-electron chi connectivity index (χ2n) is 5.38. The van der Waals surface area contributed by atoms with E-state index in [1.165, 1.54) is 0 Å². The number of likely N-dealkylation sites (tertiary alicyclic amines) is 1. The molecule has 2 amide bonds. The Labute approximate surface area is 129 Å². The molecule has 1 atom stereocenters. The molecule has 1 aromatic rings. The molecule has 0 saturated carbocycles. The minimum atomic E-state index is -0.243. The number of nitrogens with two attached hydrogens (primary N) is 1. The Hall–Kier alpha value is -1.59. The summed E-state index contributed by atoms with van der Waals surface area (Å²) in [6, 6.07) is 6.77. The van der Waals surface area contributed by atoms with Gasteiger partial charge in [-0.2, -0.15) is 0 Å². The molecule has 1 aromatic carbocycles. The van der Waals surface area contributed by atoms with Gasteiger partial charge in [0.2, 0.25) is 11.8 Å². The largest absolute Gasteiger partial charge is 0.369 e. The molecule has 6 heteroatoms. The Kier molecular flexibility index (Phi) is 5.20. The van der Waals surface area contributed by atoms with E-state index in [1.807, 2.05) is 6.92 Å². The minimum absolute atomic E-state index is 0.0603. The zero-order valence-electron chi connectivity index (χ0n) is 12.0. The lowest BCUT2D eigenvalue weighted by Gasteiger charge is -2.34. The Morgan fingerprint density at radius 3 is 2.38 bits per heavy atom. The van der Waals surface area contributed by atoms with Crippen LogP contribution in [0.4, 0.5) is 5.69 Å². The van der Waals surface area contributed by atoms with E-state index >= 15 is 0 Å². The Morgan fingerprint density at radius 1 is 1.29 bits per heavy atom. The highest BCUT2D eigenvalue weighted by Crippen LogP contribution is 2.19. The number of carbonyl (C=O) groups is 2. The quantitative estimate of drug-likeness (QED) is 0.891. The van der Waals surface area contributed by atoms with Crippen LogP contribution < -0.4 is 11.1 Å². The molecule has 0 radical (unpaired) electrons. The SMILES string of the molecule is CC(C(=O)Nc1ccc(Cl)cc1)N1CCC(C(N)=O)CC1. The molecule has 0 bridgehead atoms. The average Bonchev–Trinajstić information content (AvgIpc) is 2.49. The molecule has 21 heavy (non-hydrogen) atoms. The van der Waals surface area contributed by atoms with E-state index in [1.54, 1.807) is 24.3 Å². The zero-order chi connectivity index (χ0) is 15.4. The molecule has 1 unspecified atom stereocenters. The van der Waals surface area contributed by atoms with E-state index in [-0.39, 0.29) is 23.8 Å². The zero-order valence-corrected chi connectivity index (χ0v) is 12.8. The Bertz CT molecular complexity index is 510. The highest BCUT2D eigenvalue weighted by atomic mass is 35.5. The molecule has 114 valence electrons. The Morgan fingerprint density at radius 2 is 1.86 bits per heavy atom. The number of nitrogens with zero attached hydrogens (tertiary/aromatic N) is 1. The average molecular weight is 310 g/mol. The first-order valence-corrected chi connectivity index (χ1v) is 7.45. The van der Waals surface area contributed by atoms with Gasteiger partial charge in [0.05, 0.1) is 6.04 Å². The maximum absolute atomic E-state index is 12.2. The summed E-state index contributed by atoms with van der Waals surface area (Å²) in [5.74, 6) is -0.365. The van der Waals surface area contributed by atoms with Crippen molar-refractivity contribution >= 4 is 29.1 Å². The van der Waals surface area contributed by atoms with Crippen molar-refractivity contribution in [1.29, 1.82) is 0 Å². The predicted octanol–water partition coefficient (Wildman–Crippen LogP) is 1.86. The van der Waals surface area contributed by atoms with Gasteiger partial charge in [-0.1, -0.05) is 11.6 Å². The number of carbonyl (C=O) groups excluding carboxylic acids is 2. The van der Waals surface area contributed by atoms with Crippen LogP contribution in [0.5, 0.6) is 0 Å². The third-order valence-corrected chi connectivity index (χ3v) is 4.22. The second kappa shape index (κ2) is 6.91. The molecule has 0 aromatic heterocycles. The van der Waals surface area contributed by atoms with Crippen LogP contribution in [0.15, 0.2) is 24.3 Å². The van der Waals surface area contributed by atoms with Crippen molar-refractivity contribution in [2.75, 3.05) is 18.4 Å². The summed E-state index contributed by atoms with van der Waals surface area (Å²) in [6.07, 6.45) is 1.43. The monoisotopic (exact) mass is 309 g/mol. The van der Waals surface area contributed by atoms with Gasteiger partial charge in [-0.15, -0.1) is 0 Å². The number of halogens is 1. The molecular weight excluding hydrogens is 290 g/mol. The molecule has 0 aliphatic carbocycles. The van der Waals surface area contributed by atoms with Crippen molar-refractivity contribution in [3.63, 3.8) is 0 Å². The first-order chi connectivity index (χ1) is 9.97. The van der Waals surface area contributed by atoms with Gasteiger partial charge in [-0.3, -0.25) is 14.5 Å². The summed E-state index contributed by atoms with van der Waals surface area (Å²) in [6.45, 7) is 3.29. The number of rotatable bonds is 4. The summed E-state index contributed by atoms with van der Waals surface area (Å²) >= 11 is 5.81. The number of primary amides is 1. The van der Waals surface area contributed by atoms with Crippen LogP contribution in [0.2, 0.25) is 5.02 Å². The third-order valence-electron chi connectivity index (χ3n) is 3.97. The predicted molar refractivity (Wildman–Crippen MR) is 83.0 cm³/mol. The molecule has 5 nitrogen and oxygen atoms in total. The fourth-order valence-corrected chi connectivity index (χ4v) is 2.64. The van der Waals surface area contributed by atoms with Gasteiger partial charge in [-0.25, -0.2) is 0 Å². The molecule has 1 saturated heterocycles. The van der Waals surface area contributed by atoms with Crippen LogP contribution in [0.25, 0.3) is 0 Å². The molecule has 1 fully saturated rings. The molecule has 1 aliphatic rings. The number of amides is 2. The molecule has 3 N–H and O–H groups in total. The fourth-order valence-electron chi connectivity index (χ4n) is 2.52. The van der Waals surface area contributed by atoms with Crippen molar-refractivity contribution in [2.24, 2.45) is 11.7 Å². The maximum Gasteiger partial charge on any atom is 0.241 e. The number of benzene rings is 1. The maximum atomic E-state index is 12.2. The lowest BCUT2D eigenvalue weighted by atomic mass is 9.95. The standard InChI is InChI=1S/C15H20ClN3O2/c1-10(19-8-6-11(7-9-19)14(17)20)15(21)18-13-4-2-12(16)3-5-13/h2-5,10-11H,6-9H2,1H3,(H2,17,20)(H,18,21). The topological polar surface area (TPSA) is 75.4 Å². The summed E-state index contributed by atoms with van der Waals surface area (Å²) < 4.78 is 0. The number of hydrogen-bond donors (Lipinski definition) is 2. The van der Waals surface area contributed by atoms with Crippen LogP contribution in [0.1, 0.15) is 19.8 Å². The Balaban J connectivity index is 1.88. The van der Waals surface area contributed by atoms with Crippen LogP contribution in [-0.4, -0.2) is 35.8 Å². The van der Waals surface area contributed by atoms with Crippen molar-refractivity contribution in [3.8, 4) is 0 Å². The van der Waals surface area contributed by atoms with Crippen molar-refractivity contribution in [2.45, 2.75) is 25.8 Å². The van der Waals surface area contributed by atoms with Crippen molar-refractivity contribution in [3.05, 3.63) is 29.3 Å². The summed E-state index contributed by atoms with van der Waals surface area (Å²) in [5.41, 5.74) is 6.04. The first kappa shape index (κ1) is 15.8. The number of hydrogen-bond acceptors (Lipinski definition) is 3. The van der Waals surface area contributed by atoms with Crippen LogP contribution in [0.3, 0.4) is 0 Å². The van der Waals surface area contributed by atoms with E-state index in [0.717, 1.165) is 5.69 Å². The van der Waals surface area contributed by atoms with Gasteiger partial charge in [0, 0.05) is 16.6 Å². The third kappa shape index (κ3) is 4.19. The van der Waals surface area contributed by atoms with Gasteiger partial charge in [0.15, 0.2) is 0 Å². The van der Waals surface area contributed by atoms with E-state index < -0.39 is 0 Å². The lowest BCUT2D eigenvalue weighted by molar-refractivity contribution is -0.124. The summed E-state index contributed by atoms with van der Waals surface area (Å²) in [4.78, 5) is 25.5. The van der Waals surface area contributed by atoms with Gasteiger partial charge in [-0.05, 0) is 57.1 Å². The van der Waals surface area contributed by atoms with E-state index in [9.17, 15) is 9.59 Å². The molecular formula is C15H20ClN3O2. The molecule has 1 aliphatic heterocycles. The second-order valence-corrected chi connectivity index (χ2v) is 5.82. The molecule has 0 spiro atoms. The normalized spacial score (nSPS) is 18.2. The van der Waals surface area contributed by atoms with Gasteiger partial charge in [0.1, 0.15) is 0 Å². The van der Waals surface area contributed by atoms with Crippen LogP contribution >= 0.6 is 11.6 Å². The van der Waals surface area contributed by atoms with Crippen molar-refractivity contribution < 1.29 is 9.59 Å². The number of nitrogens with one attached hydrogen (secondary N) is 1. The number of piperidine rings is 1. The van der Waals surface area contributed by atoms with E-state index in [2.05, 4.69) is 10.2 Å². The molecule has 1 heterocycles. The summed E-state index contributed by atoms with van der Waals surface area (Å²) in [7, 11) is 0. The van der Waals surface area contributed by atoms with Crippen LogP contribution in [-0.2, 0) is 9.59 Å². The van der Waals surface area contributed by atoms with Crippen LogP contribution in [0, 0.1) is 5.92 Å². The van der Waals surface area contributed by atoms with E-state index in [0.29, 0.717) is 31.0 Å². The fraction of sp³-hybridized carbons (Fsp3) is 0.467. The molecule has 2 rings (SSSR count). The number of anilines is 1. The highest BCUT2D eigenvalue weighted by Gasteiger charge is 2.28. The lowest BCUT2D eigenvalue weighted by Crippen LogP contribution is -2.47. The smallest absolute Gasteiger partial charge is 0.241 e. The first-order valence-electron chi connectivity index (χ1n) is 7.07. The van der Waals surface area contributed by atoms with E-state index in [4.69, 9.17) is 17.3 Å². The minimum Gasteiger partial charge on any atom is -0.369 e. The van der Waals surface area contributed by atoms with Gasteiger partial charge < -0.3 is 11.1 Å². The van der Waals surface area contributed by atoms with Gasteiger partial charge in [0.25, 0.3) is 0 Å². The highest BCUT2D eigenvalue weighted by molar-refractivity contribution is 6.30. The summed E-state index contributed by atoms with van der Waals surface area (Å²) in [5, 5.41) is 3.50. The van der Waals surface area contributed by atoms with Crippen molar-refractivity contribution in [1.82, 2.24) is 4.90 Å². The van der Waals surface area contributed by atoms with Gasteiger partial charge >= 0.3 is 0 Å².